The van der Waals surface area contributed by atoms with Gasteiger partial charge < -0.3 is 4.90 Å². The molecule has 1 heteroatoms. The molecular weight excluding hydrogens is 86.1 g/mol. The smallest absolute Gasteiger partial charge is 0.00582 e. The maximum atomic E-state index is 2.22. The van der Waals surface area contributed by atoms with E-state index < -0.39 is 0 Å². The molecule has 0 rings (SSSR count). The third kappa shape index (κ3) is 2.63. The first kappa shape index (κ1) is 6.96. The topological polar surface area (TPSA) is 3.24 Å². The third-order valence-corrected chi connectivity index (χ3v) is 1.47. The van der Waals surface area contributed by atoms with Crippen LogP contribution in [0, 0.1) is 0 Å². The summed E-state index contributed by atoms with van der Waals surface area (Å²) in [7, 11) is 4.21. The molecule has 1 nitrogen and oxygen atoms in total. The van der Waals surface area contributed by atoms with Gasteiger partial charge in [0.1, 0.15) is 0 Å². The van der Waals surface area contributed by atoms with Crippen LogP contribution in [0.4, 0.5) is 0 Å². The monoisotopic (exact) mass is 101 g/mol. The Kier molecular flexibility index (Phi) is 3.01. The first-order valence-corrected chi connectivity index (χ1v) is 2.85. The molecule has 0 N–H and O–H groups in total. The first-order chi connectivity index (χ1) is 3.18. The second-order valence-corrected chi connectivity index (χ2v) is 2.22. The predicted octanol–water partition coefficient (Wildman–Crippen LogP) is 1.35. The molecule has 0 aliphatic carbocycles. The molecular formula is C6H15N. The summed E-state index contributed by atoms with van der Waals surface area (Å²) in [6, 6.07) is 0.736. The van der Waals surface area contributed by atoms with Crippen LogP contribution < -0.4 is 0 Å². The predicted molar refractivity (Wildman–Crippen MR) is 33.4 cm³/mol. The van der Waals surface area contributed by atoms with Crippen LogP contribution in [-0.4, -0.2) is 25.0 Å². The van der Waals surface area contributed by atoms with Gasteiger partial charge >= 0.3 is 0 Å². The van der Waals surface area contributed by atoms with E-state index in [4.69, 9.17) is 0 Å². The molecule has 0 unspecified atom stereocenters. The van der Waals surface area contributed by atoms with Crippen LogP contribution in [0.25, 0.3) is 0 Å². The molecule has 0 heterocycles. The highest BCUT2D eigenvalue weighted by Gasteiger charge is 1.96. The average molecular weight is 101 g/mol. The van der Waals surface area contributed by atoms with Gasteiger partial charge in [-0.3, -0.25) is 0 Å². The summed E-state index contributed by atoms with van der Waals surface area (Å²) in [5, 5.41) is 0. The van der Waals surface area contributed by atoms with Crippen LogP contribution in [0.3, 0.4) is 0 Å². The van der Waals surface area contributed by atoms with Gasteiger partial charge in [-0.1, -0.05) is 6.92 Å². The minimum absolute atomic E-state index is 0.736. The fraction of sp³-hybridized carbons (Fsp3) is 1.00. The summed E-state index contributed by atoms with van der Waals surface area (Å²) in [5.41, 5.74) is 0. The molecule has 0 amide bonds. The lowest BCUT2D eigenvalue weighted by atomic mass is 10.2. The lowest BCUT2D eigenvalue weighted by Gasteiger charge is -2.16. The first-order valence-electron chi connectivity index (χ1n) is 2.85. The van der Waals surface area contributed by atoms with Crippen molar-refractivity contribution in [3.63, 3.8) is 0 Å². The largest absolute Gasteiger partial charge is 0.307 e. The van der Waals surface area contributed by atoms with Crippen molar-refractivity contribution in [1.82, 2.24) is 4.90 Å². The average Bonchev–Trinajstić information content (AvgIpc) is 1.65. The highest BCUT2D eigenvalue weighted by atomic mass is 15.1. The fourth-order valence-corrected chi connectivity index (χ4v) is 0.365. The van der Waals surface area contributed by atoms with Crippen LogP contribution in [0.15, 0.2) is 0 Å². The van der Waals surface area contributed by atoms with Crippen LogP contribution >= 0.6 is 0 Å². The van der Waals surface area contributed by atoms with Crippen molar-refractivity contribution in [1.29, 1.82) is 0 Å². The van der Waals surface area contributed by atoms with E-state index in [2.05, 4.69) is 32.8 Å². The Hall–Kier alpha value is -0.0400. The van der Waals surface area contributed by atoms with E-state index in [1.54, 1.807) is 0 Å². The van der Waals surface area contributed by atoms with Crippen molar-refractivity contribution < 1.29 is 0 Å². The van der Waals surface area contributed by atoms with Gasteiger partial charge in [-0.15, -0.1) is 0 Å². The van der Waals surface area contributed by atoms with E-state index in [0.717, 1.165) is 6.04 Å². The molecule has 0 aliphatic heterocycles. The molecule has 0 aromatic rings. The zero-order valence-electron chi connectivity index (χ0n) is 5.73. The van der Waals surface area contributed by atoms with Gasteiger partial charge in [0.05, 0.1) is 0 Å². The molecule has 44 valence electrons. The van der Waals surface area contributed by atoms with Crippen molar-refractivity contribution in [2.45, 2.75) is 26.3 Å². The van der Waals surface area contributed by atoms with Crippen LogP contribution in [0.2, 0.25) is 0 Å². The number of nitrogens with zero attached hydrogens (tertiary/aromatic N) is 1. The van der Waals surface area contributed by atoms with E-state index in [1.807, 2.05) is 0 Å². The Bertz CT molecular complexity index is 41.4. The van der Waals surface area contributed by atoms with E-state index in [0.29, 0.717) is 0 Å². The van der Waals surface area contributed by atoms with Gasteiger partial charge in [0.15, 0.2) is 0 Å². The molecule has 0 radical (unpaired) electrons. The van der Waals surface area contributed by atoms with Crippen molar-refractivity contribution in [3.8, 4) is 0 Å². The third-order valence-electron chi connectivity index (χ3n) is 1.47. The minimum Gasteiger partial charge on any atom is -0.307 e. The summed E-state index contributed by atoms with van der Waals surface area (Å²) in [4.78, 5) is 2.22. The molecule has 0 aliphatic rings. The Morgan fingerprint density at radius 2 is 1.86 bits per heavy atom. The number of hydrogen-bond acceptors (Lipinski definition) is 1. The van der Waals surface area contributed by atoms with Gasteiger partial charge in [-0.2, -0.15) is 0 Å². The SMILES string of the molecule is CC[C@H](C)N(C)C. The van der Waals surface area contributed by atoms with Crippen molar-refractivity contribution in [2.75, 3.05) is 14.1 Å². The second kappa shape index (κ2) is 3.03. The van der Waals surface area contributed by atoms with E-state index in [9.17, 15) is 0 Å². The molecule has 0 aromatic carbocycles. The lowest BCUT2D eigenvalue weighted by Crippen LogP contribution is -2.23. The van der Waals surface area contributed by atoms with Gasteiger partial charge in [0, 0.05) is 6.04 Å². The number of hydrogen-bond donors (Lipinski definition) is 0. The van der Waals surface area contributed by atoms with Gasteiger partial charge in [-0.05, 0) is 27.4 Å². The molecule has 0 spiro atoms. The Morgan fingerprint density at radius 1 is 1.43 bits per heavy atom. The molecule has 0 aromatic heterocycles. The lowest BCUT2D eigenvalue weighted by molar-refractivity contribution is 0.307. The minimum atomic E-state index is 0.736. The van der Waals surface area contributed by atoms with Gasteiger partial charge in [0.2, 0.25) is 0 Å². The summed E-state index contributed by atoms with van der Waals surface area (Å²) in [5.74, 6) is 0. The van der Waals surface area contributed by atoms with Crippen molar-refractivity contribution in [3.05, 3.63) is 0 Å². The Balaban J connectivity index is 3.14. The summed E-state index contributed by atoms with van der Waals surface area (Å²) in [6.07, 6.45) is 1.24. The summed E-state index contributed by atoms with van der Waals surface area (Å²) < 4.78 is 0. The van der Waals surface area contributed by atoms with Crippen molar-refractivity contribution >= 4 is 0 Å². The summed E-state index contributed by atoms with van der Waals surface area (Å²) >= 11 is 0. The van der Waals surface area contributed by atoms with Crippen molar-refractivity contribution in [2.24, 2.45) is 0 Å². The normalized spacial score (nSPS) is 15.0. The fourth-order valence-electron chi connectivity index (χ4n) is 0.365. The van der Waals surface area contributed by atoms with Crippen LogP contribution in [-0.2, 0) is 0 Å². The van der Waals surface area contributed by atoms with E-state index >= 15 is 0 Å². The Morgan fingerprint density at radius 3 is 1.86 bits per heavy atom. The molecule has 0 fully saturated rings. The zero-order chi connectivity index (χ0) is 5.86. The standard InChI is InChI=1S/C6H15N/c1-5-6(2)7(3)4/h6H,5H2,1-4H3/t6-/m0/s1. The molecule has 0 saturated heterocycles. The zero-order valence-corrected chi connectivity index (χ0v) is 5.73. The van der Waals surface area contributed by atoms with Crippen LogP contribution in [0.5, 0.6) is 0 Å². The Labute approximate surface area is 46.3 Å². The van der Waals surface area contributed by atoms with Gasteiger partial charge in [-0.25, -0.2) is 0 Å². The van der Waals surface area contributed by atoms with E-state index in [-0.39, 0.29) is 0 Å². The summed E-state index contributed by atoms with van der Waals surface area (Å²) in [6.45, 7) is 4.42. The van der Waals surface area contributed by atoms with Crippen LogP contribution in [0.1, 0.15) is 20.3 Å². The maximum absolute atomic E-state index is 2.22. The number of rotatable bonds is 2. The van der Waals surface area contributed by atoms with Gasteiger partial charge in [0.25, 0.3) is 0 Å². The highest BCUT2D eigenvalue weighted by molar-refractivity contribution is 4.53. The maximum Gasteiger partial charge on any atom is 0.00582 e. The van der Waals surface area contributed by atoms with E-state index in [1.165, 1.54) is 6.42 Å². The highest BCUT2D eigenvalue weighted by Crippen LogP contribution is 1.93. The molecule has 7 heavy (non-hydrogen) atoms. The molecule has 1 atom stereocenters. The molecule has 0 bridgehead atoms. The molecule has 0 saturated carbocycles. The second-order valence-electron chi connectivity index (χ2n) is 2.22. The quantitative estimate of drug-likeness (QED) is 0.507.